The Kier molecular flexibility index (Phi) is 8.23. The molecule has 8 nitrogen and oxygen atoms in total. The van der Waals surface area contributed by atoms with E-state index in [1.807, 2.05) is 30.3 Å². The molecule has 1 aromatic carbocycles. The van der Waals surface area contributed by atoms with Crippen LogP contribution in [0, 0.1) is 11.8 Å². The standard InChI is InChI=1S/C23H28N2O6/c1-29-21-11-20(12-24-13-21)25(19-5-3-2-4-6-19)23(28)31-15-18-9-7-17(8-10-18)14-30-16-22(26)27/h2-6,11-13,17-18H,7-10,14-16H2,1H3,(H,26,27)/t17-,18-. The minimum atomic E-state index is -0.949. The van der Waals surface area contributed by atoms with Gasteiger partial charge in [0.25, 0.3) is 0 Å². The predicted molar refractivity (Wildman–Crippen MR) is 115 cm³/mol. The van der Waals surface area contributed by atoms with Crippen LogP contribution in [-0.4, -0.2) is 49.1 Å². The summed E-state index contributed by atoms with van der Waals surface area (Å²) in [6.07, 6.45) is 6.41. The first kappa shape index (κ1) is 22.6. The van der Waals surface area contributed by atoms with Gasteiger partial charge in [-0.2, -0.15) is 0 Å². The van der Waals surface area contributed by atoms with E-state index in [1.54, 1.807) is 25.6 Å². The Hall–Kier alpha value is -3.13. The number of pyridine rings is 1. The number of methoxy groups -OCH3 is 1. The van der Waals surface area contributed by atoms with Crippen molar-refractivity contribution in [1.29, 1.82) is 0 Å². The first-order valence-corrected chi connectivity index (χ1v) is 10.4. The highest BCUT2D eigenvalue weighted by Gasteiger charge is 2.25. The Morgan fingerprint density at radius 1 is 1.03 bits per heavy atom. The summed E-state index contributed by atoms with van der Waals surface area (Å²) in [4.78, 5) is 29.2. The van der Waals surface area contributed by atoms with Gasteiger partial charge in [-0.25, -0.2) is 14.5 Å². The maximum Gasteiger partial charge on any atom is 0.419 e. The second kappa shape index (κ2) is 11.3. The molecule has 0 bridgehead atoms. The second-order valence-corrected chi connectivity index (χ2v) is 7.63. The number of benzene rings is 1. The van der Waals surface area contributed by atoms with Crippen molar-refractivity contribution in [1.82, 2.24) is 4.98 Å². The van der Waals surface area contributed by atoms with Gasteiger partial charge in [0.05, 0.1) is 44.1 Å². The molecular formula is C23H28N2O6. The average molecular weight is 428 g/mol. The Balaban J connectivity index is 1.57. The number of anilines is 2. The molecule has 1 heterocycles. The van der Waals surface area contributed by atoms with E-state index >= 15 is 0 Å². The lowest BCUT2D eigenvalue weighted by atomic mass is 9.83. The topological polar surface area (TPSA) is 98.2 Å². The van der Waals surface area contributed by atoms with Gasteiger partial charge in [-0.05, 0) is 49.7 Å². The SMILES string of the molecule is COc1cncc(N(C(=O)OC[C@H]2CC[C@H](COCC(=O)O)CC2)c2ccccc2)c1. The van der Waals surface area contributed by atoms with Crippen molar-refractivity contribution < 1.29 is 28.9 Å². The van der Waals surface area contributed by atoms with Crippen molar-refractivity contribution in [3.8, 4) is 5.75 Å². The molecule has 1 saturated carbocycles. The number of nitrogens with zero attached hydrogens (tertiary/aromatic N) is 2. The van der Waals surface area contributed by atoms with Crippen LogP contribution < -0.4 is 9.64 Å². The third-order valence-electron chi connectivity index (χ3n) is 5.38. The molecule has 0 aliphatic heterocycles. The maximum absolute atomic E-state index is 13.0. The maximum atomic E-state index is 13.0. The van der Waals surface area contributed by atoms with Crippen LogP contribution in [0.2, 0.25) is 0 Å². The van der Waals surface area contributed by atoms with E-state index in [1.165, 1.54) is 4.90 Å². The lowest BCUT2D eigenvalue weighted by molar-refractivity contribution is -0.142. The monoisotopic (exact) mass is 428 g/mol. The number of amides is 1. The Bertz CT molecular complexity index is 852. The van der Waals surface area contributed by atoms with Crippen molar-refractivity contribution in [2.24, 2.45) is 11.8 Å². The van der Waals surface area contributed by atoms with Crippen LogP contribution in [0.3, 0.4) is 0 Å². The minimum Gasteiger partial charge on any atom is -0.495 e. The first-order valence-electron chi connectivity index (χ1n) is 10.4. The van der Waals surface area contributed by atoms with E-state index < -0.39 is 12.1 Å². The zero-order chi connectivity index (χ0) is 22.1. The molecule has 1 aromatic heterocycles. The quantitative estimate of drug-likeness (QED) is 0.637. The first-order chi connectivity index (χ1) is 15.1. The van der Waals surface area contributed by atoms with Gasteiger partial charge in [0, 0.05) is 6.07 Å². The molecular weight excluding hydrogens is 400 g/mol. The molecule has 2 aromatic rings. The Labute approximate surface area is 181 Å². The molecule has 0 spiro atoms. The molecule has 1 amide bonds. The highest BCUT2D eigenvalue weighted by atomic mass is 16.6. The van der Waals surface area contributed by atoms with Gasteiger partial charge in [-0.1, -0.05) is 18.2 Å². The number of hydrogen-bond acceptors (Lipinski definition) is 6. The van der Waals surface area contributed by atoms with E-state index in [-0.39, 0.29) is 12.5 Å². The molecule has 8 heteroatoms. The number of para-hydroxylation sites is 1. The van der Waals surface area contributed by atoms with Crippen LogP contribution in [0.1, 0.15) is 25.7 Å². The zero-order valence-corrected chi connectivity index (χ0v) is 17.6. The molecule has 3 rings (SSSR count). The highest BCUT2D eigenvalue weighted by Crippen LogP contribution is 2.31. The lowest BCUT2D eigenvalue weighted by Crippen LogP contribution is -2.30. The third kappa shape index (κ3) is 6.68. The molecule has 0 radical (unpaired) electrons. The van der Waals surface area contributed by atoms with E-state index in [4.69, 9.17) is 19.3 Å². The number of carboxylic acids is 1. The third-order valence-corrected chi connectivity index (χ3v) is 5.38. The van der Waals surface area contributed by atoms with Gasteiger partial charge in [-0.15, -0.1) is 0 Å². The van der Waals surface area contributed by atoms with Gasteiger partial charge in [0.15, 0.2) is 0 Å². The van der Waals surface area contributed by atoms with Crippen LogP contribution >= 0.6 is 0 Å². The van der Waals surface area contributed by atoms with Crippen molar-refractivity contribution in [2.75, 3.05) is 31.8 Å². The summed E-state index contributed by atoms with van der Waals surface area (Å²) in [7, 11) is 1.55. The summed E-state index contributed by atoms with van der Waals surface area (Å²) in [5.41, 5.74) is 1.25. The number of carboxylic acid groups (broad SMARTS) is 1. The van der Waals surface area contributed by atoms with Gasteiger partial charge in [-0.3, -0.25) is 4.98 Å². The average Bonchev–Trinajstić information content (AvgIpc) is 2.79. The van der Waals surface area contributed by atoms with Gasteiger partial charge in [0.1, 0.15) is 12.4 Å². The summed E-state index contributed by atoms with van der Waals surface area (Å²) in [5, 5.41) is 8.66. The van der Waals surface area contributed by atoms with Crippen LogP contribution in [0.5, 0.6) is 5.75 Å². The fraction of sp³-hybridized carbons (Fsp3) is 0.435. The van der Waals surface area contributed by atoms with Gasteiger partial charge >= 0.3 is 12.1 Å². The summed E-state index contributed by atoms with van der Waals surface area (Å²) >= 11 is 0. The van der Waals surface area contributed by atoms with E-state index in [9.17, 15) is 9.59 Å². The predicted octanol–water partition coefficient (Wildman–Crippen LogP) is 4.27. The zero-order valence-electron chi connectivity index (χ0n) is 17.6. The molecule has 1 N–H and O–H groups in total. The minimum absolute atomic E-state index is 0.258. The van der Waals surface area contributed by atoms with Crippen molar-refractivity contribution in [3.63, 3.8) is 0 Å². The fourth-order valence-corrected chi connectivity index (χ4v) is 3.71. The normalized spacial score (nSPS) is 18.2. The summed E-state index contributed by atoms with van der Waals surface area (Å²) in [6.45, 7) is 0.539. The van der Waals surface area contributed by atoms with E-state index in [2.05, 4.69) is 4.98 Å². The Morgan fingerprint density at radius 2 is 1.71 bits per heavy atom. The number of ether oxygens (including phenoxy) is 3. The molecule has 166 valence electrons. The van der Waals surface area contributed by atoms with E-state index in [0.29, 0.717) is 36.3 Å². The summed E-state index contributed by atoms with van der Waals surface area (Å²) in [5.74, 6) is 0.236. The van der Waals surface area contributed by atoms with Crippen LogP contribution in [0.4, 0.5) is 16.2 Å². The largest absolute Gasteiger partial charge is 0.495 e. The van der Waals surface area contributed by atoms with Crippen LogP contribution in [0.25, 0.3) is 0 Å². The Morgan fingerprint density at radius 3 is 2.35 bits per heavy atom. The molecule has 1 aliphatic rings. The highest BCUT2D eigenvalue weighted by molar-refractivity contribution is 5.95. The van der Waals surface area contributed by atoms with Gasteiger partial charge in [0.2, 0.25) is 0 Å². The molecule has 0 unspecified atom stereocenters. The lowest BCUT2D eigenvalue weighted by Gasteiger charge is -2.29. The number of hydrogen-bond donors (Lipinski definition) is 1. The number of rotatable bonds is 9. The van der Waals surface area contributed by atoms with Crippen molar-refractivity contribution in [2.45, 2.75) is 25.7 Å². The molecule has 1 aliphatic carbocycles. The number of carbonyl (C=O) groups excluding carboxylic acids is 1. The molecule has 0 atom stereocenters. The van der Waals surface area contributed by atoms with Crippen LogP contribution in [-0.2, 0) is 14.3 Å². The number of carbonyl (C=O) groups is 2. The van der Waals surface area contributed by atoms with E-state index in [0.717, 1.165) is 25.7 Å². The summed E-state index contributed by atoms with van der Waals surface area (Å²) in [6, 6.07) is 11.0. The smallest absolute Gasteiger partial charge is 0.419 e. The van der Waals surface area contributed by atoms with Crippen molar-refractivity contribution >= 4 is 23.4 Å². The van der Waals surface area contributed by atoms with Crippen LogP contribution in [0.15, 0.2) is 48.8 Å². The fourth-order valence-electron chi connectivity index (χ4n) is 3.71. The molecule has 0 saturated heterocycles. The van der Waals surface area contributed by atoms with Crippen molar-refractivity contribution in [3.05, 3.63) is 48.8 Å². The molecule has 31 heavy (non-hydrogen) atoms. The second-order valence-electron chi connectivity index (χ2n) is 7.63. The van der Waals surface area contributed by atoms with Gasteiger partial charge < -0.3 is 19.3 Å². The summed E-state index contributed by atoms with van der Waals surface area (Å²) < 4.78 is 16.1. The number of aromatic nitrogens is 1. The number of aliphatic carboxylic acids is 1. The molecule has 1 fully saturated rings.